The molecule has 0 aromatic heterocycles. The van der Waals surface area contributed by atoms with Crippen LogP contribution in [-0.4, -0.2) is 42.4 Å². The van der Waals surface area contributed by atoms with Crippen molar-refractivity contribution < 1.29 is 9.59 Å². The molecule has 2 amide bonds. The molecule has 1 aliphatic heterocycles. The van der Waals surface area contributed by atoms with E-state index in [0.29, 0.717) is 19.5 Å². The number of nitrogens with two attached hydrogens (primary N) is 1. The number of hydrogen-bond acceptors (Lipinski definition) is 3. The Kier molecular flexibility index (Phi) is 7.35. The molecule has 0 radical (unpaired) electrons. The molecule has 0 aliphatic carbocycles. The van der Waals surface area contributed by atoms with Crippen LogP contribution in [0.2, 0.25) is 0 Å². The Morgan fingerprint density at radius 3 is 2.59 bits per heavy atom. The molecule has 2 atom stereocenters. The van der Waals surface area contributed by atoms with Gasteiger partial charge in [0, 0.05) is 31.5 Å². The molecule has 0 saturated carbocycles. The molecular formula is C16H24ClN3O2. The Morgan fingerprint density at radius 1 is 1.27 bits per heavy atom. The minimum absolute atomic E-state index is 0. The van der Waals surface area contributed by atoms with E-state index in [0.717, 1.165) is 12.0 Å². The number of likely N-dealkylation sites (tertiary alicyclic amines) is 1. The number of hydrogen-bond donors (Lipinski definition) is 2. The summed E-state index contributed by atoms with van der Waals surface area (Å²) in [5, 5.41) is 2.66. The number of halogens is 1. The second kappa shape index (κ2) is 8.76. The zero-order chi connectivity index (χ0) is 15.2. The van der Waals surface area contributed by atoms with Crippen LogP contribution in [0.15, 0.2) is 30.3 Å². The molecule has 3 N–H and O–H groups in total. The lowest BCUT2D eigenvalue weighted by Gasteiger charge is -2.16. The maximum Gasteiger partial charge on any atom is 0.242 e. The topological polar surface area (TPSA) is 75.4 Å². The van der Waals surface area contributed by atoms with E-state index in [1.54, 1.807) is 4.90 Å². The van der Waals surface area contributed by atoms with Crippen molar-refractivity contribution in [3.63, 3.8) is 0 Å². The minimum atomic E-state index is -0.0750. The molecule has 1 heterocycles. The van der Waals surface area contributed by atoms with Crippen molar-refractivity contribution in [1.29, 1.82) is 0 Å². The minimum Gasteiger partial charge on any atom is -0.347 e. The Bertz CT molecular complexity index is 495. The van der Waals surface area contributed by atoms with E-state index in [-0.39, 0.29) is 42.7 Å². The Hall–Kier alpha value is -1.59. The summed E-state index contributed by atoms with van der Waals surface area (Å²) in [6.45, 7) is 3.16. The average Bonchev–Trinajstić information content (AvgIpc) is 2.88. The lowest BCUT2D eigenvalue weighted by molar-refractivity contribution is -0.132. The summed E-state index contributed by atoms with van der Waals surface area (Å²) < 4.78 is 0. The molecule has 1 saturated heterocycles. The fourth-order valence-electron chi connectivity index (χ4n) is 2.69. The molecular weight excluding hydrogens is 302 g/mol. The third kappa shape index (κ3) is 4.71. The van der Waals surface area contributed by atoms with Crippen LogP contribution in [0.25, 0.3) is 0 Å². The summed E-state index contributed by atoms with van der Waals surface area (Å²) in [6.07, 6.45) is 1.24. The molecule has 2 rings (SSSR count). The molecule has 1 fully saturated rings. The second-order valence-corrected chi connectivity index (χ2v) is 5.51. The van der Waals surface area contributed by atoms with Crippen LogP contribution < -0.4 is 11.1 Å². The highest BCUT2D eigenvalue weighted by molar-refractivity contribution is 5.85. The quantitative estimate of drug-likeness (QED) is 0.856. The molecule has 122 valence electrons. The first-order valence-corrected chi connectivity index (χ1v) is 7.46. The maximum absolute atomic E-state index is 12.1. The van der Waals surface area contributed by atoms with Gasteiger partial charge in [-0.25, -0.2) is 0 Å². The molecule has 5 nitrogen and oxygen atoms in total. The highest BCUT2D eigenvalue weighted by Crippen LogP contribution is 2.26. The predicted molar refractivity (Wildman–Crippen MR) is 88.9 cm³/mol. The molecule has 22 heavy (non-hydrogen) atoms. The SMILES string of the molecule is CCCC(=O)NCC(=O)N1C[C@@H](N)[C@H](c2ccccc2)C1.Cl. The first-order valence-electron chi connectivity index (χ1n) is 7.46. The summed E-state index contributed by atoms with van der Waals surface area (Å²) in [4.78, 5) is 25.3. The molecule has 1 aromatic carbocycles. The highest BCUT2D eigenvalue weighted by Gasteiger charge is 2.33. The van der Waals surface area contributed by atoms with Crippen molar-refractivity contribution in [2.24, 2.45) is 5.73 Å². The van der Waals surface area contributed by atoms with Gasteiger partial charge in [0.2, 0.25) is 11.8 Å². The van der Waals surface area contributed by atoms with E-state index in [4.69, 9.17) is 5.73 Å². The lowest BCUT2D eigenvalue weighted by atomic mass is 9.95. The first kappa shape index (κ1) is 18.5. The van der Waals surface area contributed by atoms with Crippen molar-refractivity contribution in [2.75, 3.05) is 19.6 Å². The number of rotatable bonds is 5. The van der Waals surface area contributed by atoms with Crippen LogP contribution in [0.5, 0.6) is 0 Å². The lowest BCUT2D eigenvalue weighted by Crippen LogP contribution is -2.40. The highest BCUT2D eigenvalue weighted by atomic mass is 35.5. The first-order chi connectivity index (χ1) is 10.1. The van der Waals surface area contributed by atoms with Gasteiger partial charge in [-0.3, -0.25) is 9.59 Å². The van der Waals surface area contributed by atoms with Gasteiger partial charge in [-0.05, 0) is 12.0 Å². The van der Waals surface area contributed by atoms with Gasteiger partial charge in [0.25, 0.3) is 0 Å². The van der Waals surface area contributed by atoms with Gasteiger partial charge in [0.15, 0.2) is 0 Å². The molecule has 1 aromatic rings. The number of carbonyl (C=O) groups is 2. The van der Waals surface area contributed by atoms with E-state index in [1.807, 2.05) is 37.3 Å². The van der Waals surface area contributed by atoms with E-state index in [1.165, 1.54) is 0 Å². The van der Waals surface area contributed by atoms with E-state index in [2.05, 4.69) is 5.32 Å². The standard InChI is InChI=1S/C16H23N3O2.ClH/c1-2-6-15(20)18-9-16(21)19-10-13(14(17)11-19)12-7-4-3-5-8-12;/h3-5,7-8,13-14H,2,6,9-11,17H2,1H3,(H,18,20);1H/t13-,14+;/m0./s1. The normalized spacial score (nSPS) is 20.4. The van der Waals surface area contributed by atoms with Crippen molar-refractivity contribution in [2.45, 2.75) is 31.7 Å². The van der Waals surface area contributed by atoms with E-state index in [9.17, 15) is 9.59 Å². The summed E-state index contributed by atoms with van der Waals surface area (Å²) in [7, 11) is 0. The van der Waals surface area contributed by atoms with Gasteiger partial charge >= 0.3 is 0 Å². The summed E-state index contributed by atoms with van der Waals surface area (Å²) in [5.41, 5.74) is 7.32. The van der Waals surface area contributed by atoms with Gasteiger partial charge in [-0.2, -0.15) is 0 Å². The van der Waals surface area contributed by atoms with E-state index >= 15 is 0 Å². The predicted octanol–water partition coefficient (Wildman–Crippen LogP) is 1.28. The third-order valence-electron chi connectivity index (χ3n) is 3.86. The molecule has 1 aliphatic rings. The Labute approximate surface area is 137 Å². The number of nitrogens with zero attached hydrogens (tertiary/aromatic N) is 1. The van der Waals surface area contributed by atoms with E-state index < -0.39 is 0 Å². The van der Waals surface area contributed by atoms with Crippen LogP contribution in [0.1, 0.15) is 31.2 Å². The smallest absolute Gasteiger partial charge is 0.242 e. The zero-order valence-corrected chi connectivity index (χ0v) is 13.6. The van der Waals surface area contributed by atoms with Crippen molar-refractivity contribution in [1.82, 2.24) is 10.2 Å². The summed E-state index contributed by atoms with van der Waals surface area (Å²) >= 11 is 0. The average molecular weight is 326 g/mol. The zero-order valence-electron chi connectivity index (χ0n) is 12.8. The van der Waals surface area contributed by atoms with Gasteiger partial charge < -0.3 is 16.0 Å². The van der Waals surface area contributed by atoms with Crippen molar-refractivity contribution in [3.05, 3.63) is 35.9 Å². The fourth-order valence-corrected chi connectivity index (χ4v) is 2.69. The van der Waals surface area contributed by atoms with Gasteiger partial charge in [-0.15, -0.1) is 12.4 Å². The van der Waals surface area contributed by atoms with Crippen LogP contribution in [0.3, 0.4) is 0 Å². The van der Waals surface area contributed by atoms with Crippen LogP contribution in [0, 0.1) is 0 Å². The number of carbonyl (C=O) groups excluding carboxylic acids is 2. The van der Waals surface area contributed by atoms with Crippen molar-refractivity contribution in [3.8, 4) is 0 Å². The summed E-state index contributed by atoms with van der Waals surface area (Å²) in [5.74, 6) is 0.0313. The number of amides is 2. The van der Waals surface area contributed by atoms with Gasteiger partial charge in [0.1, 0.15) is 0 Å². The molecule has 0 bridgehead atoms. The Morgan fingerprint density at radius 2 is 1.95 bits per heavy atom. The number of benzene rings is 1. The van der Waals surface area contributed by atoms with Crippen LogP contribution in [0.4, 0.5) is 0 Å². The fraction of sp³-hybridized carbons (Fsp3) is 0.500. The maximum atomic E-state index is 12.1. The summed E-state index contributed by atoms with van der Waals surface area (Å²) in [6, 6.07) is 9.97. The van der Waals surface area contributed by atoms with Gasteiger partial charge in [-0.1, -0.05) is 37.3 Å². The molecule has 0 spiro atoms. The van der Waals surface area contributed by atoms with Crippen LogP contribution >= 0.6 is 12.4 Å². The molecule has 6 heteroatoms. The Balaban J connectivity index is 0.00000242. The third-order valence-corrected chi connectivity index (χ3v) is 3.86. The van der Waals surface area contributed by atoms with Gasteiger partial charge in [0.05, 0.1) is 6.54 Å². The molecule has 0 unspecified atom stereocenters. The monoisotopic (exact) mass is 325 g/mol. The second-order valence-electron chi connectivity index (χ2n) is 5.51. The number of nitrogens with one attached hydrogen (secondary N) is 1. The van der Waals surface area contributed by atoms with Crippen molar-refractivity contribution >= 4 is 24.2 Å². The largest absolute Gasteiger partial charge is 0.347 e. The van der Waals surface area contributed by atoms with Crippen LogP contribution in [-0.2, 0) is 9.59 Å².